The molecule has 15 heavy (non-hydrogen) atoms. The van der Waals surface area contributed by atoms with Gasteiger partial charge in [-0.25, -0.2) is 0 Å². The largest absolute Gasteiger partial charge is 0.398 e. The highest BCUT2D eigenvalue weighted by molar-refractivity contribution is 5.85. The maximum Gasteiger partial charge on any atom is 0.124 e. The van der Waals surface area contributed by atoms with Crippen LogP contribution in [-0.2, 0) is 0 Å². The van der Waals surface area contributed by atoms with Crippen LogP contribution in [0, 0.1) is 0 Å². The van der Waals surface area contributed by atoms with Crippen LogP contribution in [0.5, 0.6) is 0 Å². The summed E-state index contributed by atoms with van der Waals surface area (Å²) in [5, 5.41) is 0. The SMILES string of the molecule is NC1=C2C(N)=C3C(N)=C2C(N)=C1C3(N)N. The molecule has 4 bridgehead atoms. The molecule has 0 fully saturated rings. The van der Waals surface area contributed by atoms with Gasteiger partial charge >= 0.3 is 0 Å². The lowest BCUT2D eigenvalue weighted by molar-refractivity contribution is 0.600. The van der Waals surface area contributed by atoms with Crippen LogP contribution >= 0.6 is 0 Å². The van der Waals surface area contributed by atoms with Crippen molar-refractivity contribution in [2.75, 3.05) is 0 Å². The molecular formula is C9H12N6. The smallest absolute Gasteiger partial charge is 0.124 e. The topological polar surface area (TPSA) is 156 Å². The van der Waals surface area contributed by atoms with Crippen LogP contribution in [0.25, 0.3) is 0 Å². The summed E-state index contributed by atoms with van der Waals surface area (Å²) in [4.78, 5) is 0. The summed E-state index contributed by atoms with van der Waals surface area (Å²) in [6.45, 7) is 0. The maximum atomic E-state index is 5.98. The Bertz CT molecular complexity index is 495. The number of hydrogen-bond acceptors (Lipinski definition) is 6. The van der Waals surface area contributed by atoms with Crippen molar-refractivity contribution >= 4 is 0 Å². The fourth-order valence-corrected chi connectivity index (χ4v) is 2.64. The van der Waals surface area contributed by atoms with Crippen molar-refractivity contribution in [3.8, 4) is 0 Å². The molecule has 6 heteroatoms. The van der Waals surface area contributed by atoms with Gasteiger partial charge in [0, 0.05) is 22.3 Å². The molecule has 12 N–H and O–H groups in total. The van der Waals surface area contributed by atoms with Gasteiger partial charge < -0.3 is 34.4 Å². The van der Waals surface area contributed by atoms with Gasteiger partial charge in [0.1, 0.15) is 5.66 Å². The molecule has 0 aromatic carbocycles. The molecule has 0 spiro atoms. The van der Waals surface area contributed by atoms with Crippen LogP contribution in [-0.4, -0.2) is 5.66 Å². The molecule has 0 aliphatic heterocycles. The van der Waals surface area contributed by atoms with Gasteiger partial charge in [0.25, 0.3) is 0 Å². The molecule has 0 aromatic heterocycles. The van der Waals surface area contributed by atoms with Crippen molar-refractivity contribution in [1.82, 2.24) is 0 Å². The van der Waals surface area contributed by atoms with Crippen LogP contribution in [0.3, 0.4) is 0 Å². The van der Waals surface area contributed by atoms with E-state index in [9.17, 15) is 0 Å². The second-order valence-electron chi connectivity index (χ2n) is 4.02. The van der Waals surface area contributed by atoms with E-state index in [2.05, 4.69) is 0 Å². The molecule has 0 radical (unpaired) electrons. The zero-order valence-corrected chi connectivity index (χ0v) is 7.96. The van der Waals surface area contributed by atoms with Crippen LogP contribution in [0.1, 0.15) is 0 Å². The third kappa shape index (κ3) is 0.578. The predicted octanol–water partition coefficient (Wildman–Crippen LogP) is -2.51. The molecule has 0 saturated heterocycles. The zero-order chi connectivity index (χ0) is 11.1. The lowest BCUT2D eigenvalue weighted by atomic mass is 9.84. The van der Waals surface area contributed by atoms with Gasteiger partial charge in [0.2, 0.25) is 0 Å². The summed E-state index contributed by atoms with van der Waals surface area (Å²) in [6, 6.07) is 0. The number of rotatable bonds is 0. The molecule has 0 saturated carbocycles. The van der Waals surface area contributed by atoms with E-state index in [0.717, 1.165) is 0 Å². The average Bonchev–Trinajstić information content (AvgIpc) is 2.44. The van der Waals surface area contributed by atoms with Gasteiger partial charge in [-0.3, -0.25) is 0 Å². The van der Waals surface area contributed by atoms with E-state index in [-0.39, 0.29) is 0 Å². The molecular weight excluding hydrogens is 192 g/mol. The van der Waals surface area contributed by atoms with E-state index < -0.39 is 5.66 Å². The molecule has 6 nitrogen and oxygen atoms in total. The first-order chi connectivity index (χ1) is 6.89. The van der Waals surface area contributed by atoms with E-state index in [0.29, 0.717) is 45.1 Å². The Morgan fingerprint density at radius 1 is 0.600 bits per heavy atom. The summed E-state index contributed by atoms with van der Waals surface area (Å²) >= 11 is 0. The van der Waals surface area contributed by atoms with Crippen molar-refractivity contribution in [1.29, 1.82) is 0 Å². The predicted molar refractivity (Wildman–Crippen MR) is 56.0 cm³/mol. The van der Waals surface area contributed by atoms with E-state index in [1.807, 2.05) is 0 Å². The molecule has 4 aliphatic carbocycles. The fraction of sp³-hybridized carbons (Fsp3) is 0.111. The summed E-state index contributed by atoms with van der Waals surface area (Å²) in [7, 11) is 0. The average molecular weight is 204 g/mol. The van der Waals surface area contributed by atoms with Gasteiger partial charge in [-0.05, 0) is 0 Å². The zero-order valence-electron chi connectivity index (χ0n) is 7.96. The van der Waals surface area contributed by atoms with Crippen molar-refractivity contribution in [2.45, 2.75) is 5.66 Å². The highest BCUT2D eigenvalue weighted by atomic mass is 15.0. The first kappa shape index (κ1) is 8.39. The lowest BCUT2D eigenvalue weighted by Gasteiger charge is -2.34. The lowest BCUT2D eigenvalue weighted by Crippen LogP contribution is -2.57. The third-order valence-electron chi connectivity index (χ3n) is 3.23. The summed E-state index contributed by atoms with van der Waals surface area (Å²) < 4.78 is 0. The molecule has 0 heterocycles. The third-order valence-corrected chi connectivity index (χ3v) is 3.23. The monoisotopic (exact) mass is 204 g/mol. The first-order valence-electron chi connectivity index (χ1n) is 4.48. The van der Waals surface area contributed by atoms with Gasteiger partial charge in [-0.2, -0.15) is 0 Å². The van der Waals surface area contributed by atoms with Gasteiger partial charge in [-0.15, -0.1) is 0 Å². The molecule has 78 valence electrons. The number of allylic oxidation sites excluding steroid dienone is 2. The minimum Gasteiger partial charge on any atom is -0.398 e. The van der Waals surface area contributed by atoms with Crippen LogP contribution in [0.15, 0.2) is 45.1 Å². The quantitative estimate of drug-likeness (QED) is 0.239. The molecule has 4 aliphatic rings. The van der Waals surface area contributed by atoms with Gasteiger partial charge in [0.15, 0.2) is 0 Å². The molecule has 0 atom stereocenters. The van der Waals surface area contributed by atoms with Crippen LogP contribution in [0.4, 0.5) is 0 Å². The van der Waals surface area contributed by atoms with E-state index >= 15 is 0 Å². The van der Waals surface area contributed by atoms with E-state index in [1.54, 1.807) is 0 Å². The normalized spacial score (nSPS) is 26.5. The van der Waals surface area contributed by atoms with Crippen LogP contribution in [0.2, 0.25) is 0 Å². The minimum absolute atomic E-state index is 0.453. The van der Waals surface area contributed by atoms with E-state index in [4.69, 9.17) is 34.4 Å². The van der Waals surface area contributed by atoms with E-state index in [1.165, 1.54) is 0 Å². The molecule has 0 aromatic rings. The maximum absolute atomic E-state index is 5.98. The van der Waals surface area contributed by atoms with Crippen molar-refractivity contribution in [3.05, 3.63) is 45.1 Å². The Morgan fingerprint density at radius 2 is 0.933 bits per heavy atom. The first-order valence-corrected chi connectivity index (χ1v) is 4.48. The fourth-order valence-electron chi connectivity index (χ4n) is 2.64. The van der Waals surface area contributed by atoms with Crippen LogP contribution < -0.4 is 34.4 Å². The summed E-state index contributed by atoms with van der Waals surface area (Å²) in [6.07, 6.45) is 0. The Labute approximate surface area is 85.9 Å². The van der Waals surface area contributed by atoms with Gasteiger partial charge in [-0.1, -0.05) is 0 Å². The number of hydrogen-bond donors (Lipinski definition) is 6. The minimum atomic E-state index is -1.26. The highest BCUT2D eigenvalue weighted by Crippen LogP contribution is 2.53. The second-order valence-corrected chi connectivity index (χ2v) is 4.02. The van der Waals surface area contributed by atoms with Crippen molar-refractivity contribution < 1.29 is 0 Å². The summed E-state index contributed by atoms with van der Waals surface area (Å²) in [5.41, 5.74) is 38.6. The standard InChI is InChI=1S/C9H12N6/c10-5-1-2-7(12)3(5)9(14,15)4(6(1)11)8(2)13/h10-15H2. The Kier molecular flexibility index (Phi) is 1.05. The highest BCUT2D eigenvalue weighted by Gasteiger charge is 2.52. The molecule has 4 rings (SSSR count). The second kappa shape index (κ2) is 1.88. The Hall–Kier alpha value is -1.92. The molecule has 0 amide bonds. The van der Waals surface area contributed by atoms with Crippen molar-refractivity contribution in [2.24, 2.45) is 34.4 Å². The number of nitrogens with two attached hydrogens (primary N) is 6. The Balaban J connectivity index is 2.49. The Morgan fingerprint density at radius 3 is 1.27 bits per heavy atom. The summed E-state index contributed by atoms with van der Waals surface area (Å²) in [5.74, 6) is 0. The van der Waals surface area contributed by atoms with Crippen molar-refractivity contribution in [3.63, 3.8) is 0 Å². The molecule has 0 unspecified atom stereocenters. The van der Waals surface area contributed by atoms with Gasteiger partial charge in [0.05, 0.1) is 22.8 Å².